The molecule has 154 valence electrons. The molecule has 0 fully saturated rings. The smallest absolute Gasteiger partial charge is 0.272 e. The van der Waals surface area contributed by atoms with Crippen molar-refractivity contribution in [1.29, 1.82) is 0 Å². The topological polar surface area (TPSA) is 104 Å². The number of para-hydroxylation sites is 2. The second-order valence-corrected chi connectivity index (χ2v) is 7.00. The standard InChI is InChI=1S/C22H24N6O2/c1-28-19-9-5-3-7-16(19)20(27-28)22(30)25-13-11-23-10-12-24-21(29)17-14-26-18-8-4-2-6-15(17)18/h2-9,14,23,26H,10-13H2,1H3,(H,24,29)(H,25,30). The highest BCUT2D eigenvalue weighted by atomic mass is 16.2. The summed E-state index contributed by atoms with van der Waals surface area (Å²) in [5.41, 5.74) is 2.93. The molecule has 2 heterocycles. The van der Waals surface area contributed by atoms with Gasteiger partial charge in [-0.2, -0.15) is 5.10 Å². The molecule has 4 aromatic rings. The van der Waals surface area contributed by atoms with Crippen LogP contribution in [0.25, 0.3) is 21.8 Å². The Bertz CT molecular complexity index is 1190. The zero-order valence-electron chi connectivity index (χ0n) is 16.7. The molecule has 0 spiro atoms. The second-order valence-electron chi connectivity index (χ2n) is 7.00. The first kappa shape index (κ1) is 19.7. The number of hydrogen-bond donors (Lipinski definition) is 4. The number of hydrogen-bond acceptors (Lipinski definition) is 4. The minimum atomic E-state index is -0.193. The zero-order valence-corrected chi connectivity index (χ0v) is 16.7. The SMILES string of the molecule is Cn1nc(C(=O)NCCNCCNC(=O)c2c[nH]c3ccccc23)c2ccccc21. The molecule has 8 heteroatoms. The summed E-state index contributed by atoms with van der Waals surface area (Å²) < 4.78 is 1.71. The fourth-order valence-electron chi connectivity index (χ4n) is 3.47. The monoisotopic (exact) mass is 404 g/mol. The Hall–Kier alpha value is -3.65. The van der Waals surface area contributed by atoms with Crippen LogP contribution in [0.1, 0.15) is 20.8 Å². The highest BCUT2D eigenvalue weighted by Crippen LogP contribution is 2.18. The van der Waals surface area contributed by atoms with Crippen LogP contribution in [0.3, 0.4) is 0 Å². The molecule has 0 atom stereocenters. The predicted molar refractivity (Wildman–Crippen MR) is 117 cm³/mol. The van der Waals surface area contributed by atoms with Crippen molar-refractivity contribution < 1.29 is 9.59 Å². The van der Waals surface area contributed by atoms with Crippen molar-refractivity contribution in [3.05, 3.63) is 66.0 Å². The van der Waals surface area contributed by atoms with Gasteiger partial charge in [-0.1, -0.05) is 36.4 Å². The number of aromatic nitrogens is 3. The fourth-order valence-corrected chi connectivity index (χ4v) is 3.47. The summed E-state index contributed by atoms with van der Waals surface area (Å²) in [6.45, 7) is 2.17. The summed E-state index contributed by atoms with van der Waals surface area (Å²) in [5.74, 6) is -0.300. The second kappa shape index (κ2) is 8.79. The van der Waals surface area contributed by atoms with E-state index in [0.717, 1.165) is 21.8 Å². The Balaban J connectivity index is 1.18. The molecule has 0 unspecified atom stereocenters. The number of carbonyl (C=O) groups is 2. The van der Waals surface area contributed by atoms with Crippen molar-refractivity contribution in [1.82, 2.24) is 30.7 Å². The number of amides is 2. The lowest BCUT2D eigenvalue weighted by molar-refractivity contribution is 0.0946. The van der Waals surface area contributed by atoms with E-state index in [1.807, 2.05) is 55.6 Å². The summed E-state index contributed by atoms with van der Waals surface area (Å²) in [5, 5.41) is 15.1. The van der Waals surface area contributed by atoms with E-state index >= 15 is 0 Å². The highest BCUT2D eigenvalue weighted by Gasteiger charge is 2.15. The normalized spacial score (nSPS) is 11.1. The molecule has 0 bridgehead atoms. The van der Waals surface area contributed by atoms with E-state index in [-0.39, 0.29) is 11.8 Å². The van der Waals surface area contributed by atoms with Gasteiger partial charge >= 0.3 is 0 Å². The number of aryl methyl sites for hydroxylation is 1. The van der Waals surface area contributed by atoms with Crippen molar-refractivity contribution in [2.45, 2.75) is 0 Å². The summed E-state index contributed by atoms with van der Waals surface area (Å²) in [6.07, 6.45) is 1.73. The lowest BCUT2D eigenvalue weighted by Crippen LogP contribution is -2.36. The Morgan fingerprint density at radius 2 is 1.57 bits per heavy atom. The molecule has 30 heavy (non-hydrogen) atoms. The van der Waals surface area contributed by atoms with Gasteiger partial charge in [-0.25, -0.2) is 0 Å². The van der Waals surface area contributed by atoms with Crippen LogP contribution in [-0.4, -0.2) is 52.8 Å². The molecule has 0 saturated carbocycles. The molecule has 0 aliphatic heterocycles. The van der Waals surface area contributed by atoms with Crippen molar-refractivity contribution in [3.8, 4) is 0 Å². The first-order valence-electron chi connectivity index (χ1n) is 9.90. The number of benzene rings is 2. The quantitative estimate of drug-likeness (QED) is 0.336. The van der Waals surface area contributed by atoms with Gasteiger partial charge in [-0.3, -0.25) is 14.3 Å². The largest absolute Gasteiger partial charge is 0.360 e. The first-order valence-corrected chi connectivity index (χ1v) is 9.90. The molecular weight excluding hydrogens is 380 g/mol. The molecule has 4 N–H and O–H groups in total. The van der Waals surface area contributed by atoms with Crippen LogP contribution >= 0.6 is 0 Å². The van der Waals surface area contributed by atoms with Gasteiger partial charge in [0.05, 0.1) is 11.1 Å². The predicted octanol–water partition coefficient (Wildman–Crippen LogP) is 1.80. The van der Waals surface area contributed by atoms with Gasteiger partial charge in [0.2, 0.25) is 0 Å². The van der Waals surface area contributed by atoms with Gasteiger partial charge in [0, 0.05) is 55.7 Å². The number of nitrogens with one attached hydrogen (secondary N) is 4. The van der Waals surface area contributed by atoms with Crippen molar-refractivity contribution in [2.75, 3.05) is 26.2 Å². The van der Waals surface area contributed by atoms with Crippen LogP contribution in [-0.2, 0) is 7.05 Å². The van der Waals surface area contributed by atoms with E-state index in [1.54, 1.807) is 10.9 Å². The van der Waals surface area contributed by atoms with Gasteiger partial charge in [0.15, 0.2) is 5.69 Å². The molecule has 4 rings (SSSR count). The van der Waals surface area contributed by atoms with Crippen molar-refractivity contribution >= 4 is 33.6 Å². The highest BCUT2D eigenvalue weighted by molar-refractivity contribution is 6.06. The van der Waals surface area contributed by atoms with Crippen LogP contribution in [0.2, 0.25) is 0 Å². The maximum absolute atomic E-state index is 12.4. The minimum absolute atomic E-state index is 0.107. The van der Waals surface area contributed by atoms with Gasteiger partial charge in [0.25, 0.3) is 11.8 Å². The van der Waals surface area contributed by atoms with Crippen molar-refractivity contribution in [3.63, 3.8) is 0 Å². The van der Waals surface area contributed by atoms with Crippen LogP contribution in [0.5, 0.6) is 0 Å². The third kappa shape index (κ3) is 4.04. The lowest BCUT2D eigenvalue weighted by atomic mass is 10.1. The number of H-pyrrole nitrogens is 1. The fraction of sp³-hybridized carbons (Fsp3) is 0.227. The molecule has 8 nitrogen and oxygen atoms in total. The van der Waals surface area contributed by atoms with Crippen LogP contribution < -0.4 is 16.0 Å². The summed E-state index contributed by atoms with van der Waals surface area (Å²) in [7, 11) is 1.82. The van der Waals surface area contributed by atoms with E-state index < -0.39 is 0 Å². The molecule has 0 aliphatic carbocycles. The summed E-state index contributed by atoms with van der Waals surface area (Å²) in [6, 6.07) is 15.4. The molecule has 0 saturated heterocycles. The van der Waals surface area contributed by atoms with E-state index in [2.05, 4.69) is 26.0 Å². The number of aromatic amines is 1. The summed E-state index contributed by atoms with van der Waals surface area (Å²) in [4.78, 5) is 27.9. The first-order chi connectivity index (χ1) is 14.6. The molecule has 2 amide bonds. The van der Waals surface area contributed by atoms with Gasteiger partial charge in [0.1, 0.15) is 0 Å². The number of carbonyl (C=O) groups excluding carboxylic acids is 2. The number of nitrogens with zero attached hydrogens (tertiary/aromatic N) is 2. The van der Waals surface area contributed by atoms with Gasteiger partial charge < -0.3 is 20.9 Å². The minimum Gasteiger partial charge on any atom is -0.360 e. The molecule has 0 aliphatic rings. The van der Waals surface area contributed by atoms with Crippen LogP contribution in [0, 0.1) is 0 Å². The number of fused-ring (bicyclic) bond motifs is 2. The number of rotatable bonds is 8. The maximum atomic E-state index is 12.4. The Kier molecular flexibility index (Phi) is 5.76. The third-order valence-electron chi connectivity index (χ3n) is 4.98. The van der Waals surface area contributed by atoms with E-state index in [9.17, 15) is 9.59 Å². The molecule has 0 radical (unpaired) electrons. The Morgan fingerprint density at radius 1 is 0.900 bits per heavy atom. The van der Waals surface area contributed by atoms with Crippen LogP contribution in [0.4, 0.5) is 0 Å². The third-order valence-corrected chi connectivity index (χ3v) is 4.98. The van der Waals surface area contributed by atoms with E-state index in [4.69, 9.17) is 0 Å². The van der Waals surface area contributed by atoms with Crippen LogP contribution in [0.15, 0.2) is 54.7 Å². The summed E-state index contributed by atoms with van der Waals surface area (Å²) >= 11 is 0. The Morgan fingerprint density at radius 3 is 2.37 bits per heavy atom. The molecule has 2 aromatic carbocycles. The van der Waals surface area contributed by atoms with Crippen molar-refractivity contribution in [2.24, 2.45) is 7.05 Å². The van der Waals surface area contributed by atoms with E-state index in [0.29, 0.717) is 37.4 Å². The lowest BCUT2D eigenvalue weighted by Gasteiger charge is -2.07. The molecular formula is C22H24N6O2. The van der Waals surface area contributed by atoms with E-state index in [1.165, 1.54) is 0 Å². The molecule has 2 aromatic heterocycles. The average molecular weight is 404 g/mol. The van der Waals surface area contributed by atoms with Gasteiger partial charge in [-0.05, 0) is 12.1 Å². The average Bonchev–Trinajstić information content (AvgIpc) is 3.34. The Labute approximate surface area is 173 Å². The zero-order chi connectivity index (χ0) is 20.9. The maximum Gasteiger partial charge on any atom is 0.272 e. The van der Waals surface area contributed by atoms with Gasteiger partial charge in [-0.15, -0.1) is 0 Å².